The molecule has 1 aromatic carbocycles. The number of hydrogen-bond acceptors (Lipinski definition) is 2. The molecule has 0 spiro atoms. The number of benzene rings is 1. The highest BCUT2D eigenvalue weighted by Crippen LogP contribution is 2.20. The van der Waals surface area contributed by atoms with Crippen LogP contribution < -0.4 is 5.73 Å². The molecule has 0 radical (unpaired) electrons. The summed E-state index contributed by atoms with van der Waals surface area (Å²) in [5.74, 6) is -1.68. The molecule has 1 heterocycles. The van der Waals surface area contributed by atoms with E-state index in [0.29, 0.717) is 12.1 Å². The summed E-state index contributed by atoms with van der Waals surface area (Å²) in [4.78, 5) is 0. The minimum Gasteiger partial charge on any atom is -0.324 e. The van der Waals surface area contributed by atoms with Crippen LogP contribution in [0, 0.1) is 25.5 Å². The smallest absolute Gasteiger partial charge is 0.159 e. The minimum atomic E-state index is -0.841. The molecular formula is C14H17F2N3. The number of aromatic nitrogens is 2. The Labute approximate surface area is 111 Å². The summed E-state index contributed by atoms with van der Waals surface area (Å²) < 4.78 is 27.8. The van der Waals surface area contributed by atoms with Crippen LogP contribution in [0.1, 0.15) is 35.5 Å². The highest BCUT2D eigenvalue weighted by Gasteiger charge is 2.15. The molecule has 0 bridgehead atoms. The van der Waals surface area contributed by atoms with E-state index in [0.717, 1.165) is 23.0 Å². The summed E-state index contributed by atoms with van der Waals surface area (Å²) in [6.45, 7) is 6.13. The van der Waals surface area contributed by atoms with Crippen LogP contribution in [0.2, 0.25) is 0 Å². The molecule has 0 saturated heterocycles. The van der Waals surface area contributed by atoms with Crippen LogP contribution in [-0.4, -0.2) is 9.78 Å². The molecule has 1 aromatic heterocycles. The standard InChI is InChI=1S/C14H17F2N3/c1-8(17)14-9(2)18-19(10(14)3)7-11-4-5-12(15)13(16)6-11/h4-6,8H,7,17H2,1-3H3. The third-order valence-corrected chi connectivity index (χ3v) is 3.21. The van der Waals surface area contributed by atoms with Crippen molar-refractivity contribution in [1.82, 2.24) is 9.78 Å². The summed E-state index contributed by atoms with van der Waals surface area (Å²) in [5.41, 5.74) is 9.40. The van der Waals surface area contributed by atoms with Gasteiger partial charge in [0.25, 0.3) is 0 Å². The molecule has 2 N–H and O–H groups in total. The zero-order chi connectivity index (χ0) is 14.2. The number of rotatable bonds is 3. The van der Waals surface area contributed by atoms with Crippen molar-refractivity contribution in [3.05, 3.63) is 52.3 Å². The van der Waals surface area contributed by atoms with Crippen molar-refractivity contribution in [3.8, 4) is 0 Å². The molecule has 1 unspecified atom stereocenters. The van der Waals surface area contributed by atoms with Gasteiger partial charge < -0.3 is 5.73 Å². The van der Waals surface area contributed by atoms with Gasteiger partial charge in [-0.1, -0.05) is 6.07 Å². The Morgan fingerprint density at radius 1 is 1.26 bits per heavy atom. The van der Waals surface area contributed by atoms with E-state index >= 15 is 0 Å². The van der Waals surface area contributed by atoms with Gasteiger partial charge in [0.2, 0.25) is 0 Å². The SMILES string of the molecule is Cc1nn(Cc2ccc(F)c(F)c2)c(C)c1C(C)N. The molecule has 1 atom stereocenters. The van der Waals surface area contributed by atoms with Crippen molar-refractivity contribution >= 4 is 0 Å². The molecule has 0 saturated carbocycles. The van der Waals surface area contributed by atoms with Gasteiger partial charge in [-0.3, -0.25) is 4.68 Å². The molecular weight excluding hydrogens is 248 g/mol. The lowest BCUT2D eigenvalue weighted by Crippen LogP contribution is -2.09. The highest BCUT2D eigenvalue weighted by atomic mass is 19.2. The molecule has 5 heteroatoms. The van der Waals surface area contributed by atoms with E-state index in [1.807, 2.05) is 20.8 Å². The normalized spacial score (nSPS) is 12.7. The highest BCUT2D eigenvalue weighted by molar-refractivity contribution is 5.28. The summed E-state index contributed by atoms with van der Waals surface area (Å²) in [5, 5.41) is 4.40. The molecule has 0 amide bonds. The number of nitrogens with two attached hydrogens (primary N) is 1. The number of nitrogens with zero attached hydrogens (tertiary/aromatic N) is 2. The van der Waals surface area contributed by atoms with Crippen LogP contribution in [-0.2, 0) is 6.54 Å². The van der Waals surface area contributed by atoms with Gasteiger partial charge in [-0.25, -0.2) is 8.78 Å². The number of hydrogen-bond donors (Lipinski definition) is 1. The first kappa shape index (κ1) is 13.7. The summed E-state index contributed by atoms with van der Waals surface area (Å²) in [6, 6.07) is 3.78. The molecule has 2 aromatic rings. The maximum Gasteiger partial charge on any atom is 0.159 e. The second-order valence-electron chi connectivity index (χ2n) is 4.78. The third-order valence-electron chi connectivity index (χ3n) is 3.21. The summed E-state index contributed by atoms with van der Waals surface area (Å²) in [6.07, 6.45) is 0. The first-order valence-corrected chi connectivity index (χ1v) is 6.13. The monoisotopic (exact) mass is 265 g/mol. The van der Waals surface area contributed by atoms with Crippen LogP contribution in [0.4, 0.5) is 8.78 Å². The van der Waals surface area contributed by atoms with Gasteiger partial charge in [0, 0.05) is 17.3 Å². The Bertz CT molecular complexity index is 603. The molecule has 102 valence electrons. The van der Waals surface area contributed by atoms with Gasteiger partial charge in [-0.2, -0.15) is 5.10 Å². The fourth-order valence-electron chi connectivity index (χ4n) is 2.33. The van der Waals surface area contributed by atoms with E-state index in [2.05, 4.69) is 5.10 Å². The van der Waals surface area contributed by atoms with Crippen LogP contribution in [0.5, 0.6) is 0 Å². The Morgan fingerprint density at radius 3 is 2.47 bits per heavy atom. The van der Waals surface area contributed by atoms with Crippen LogP contribution in [0.25, 0.3) is 0 Å². The van der Waals surface area contributed by atoms with Crippen LogP contribution >= 0.6 is 0 Å². The Morgan fingerprint density at radius 2 is 1.95 bits per heavy atom. The maximum atomic E-state index is 13.2. The van der Waals surface area contributed by atoms with E-state index in [4.69, 9.17) is 5.73 Å². The molecule has 3 nitrogen and oxygen atoms in total. The van der Waals surface area contributed by atoms with Crippen molar-refractivity contribution in [2.24, 2.45) is 5.73 Å². The fourth-order valence-corrected chi connectivity index (χ4v) is 2.33. The van der Waals surface area contributed by atoms with Gasteiger partial charge in [-0.05, 0) is 38.5 Å². The molecule has 0 aliphatic rings. The largest absolute Gasteiger partial charge is 0.324 e. The number of aryl methyl sites for hydroxylation is 1. The predicted octanol–water partition coefficient (Wildman–Crippen LogP) is 2.85. The van der Waals surface area contributed by atoms with E-state index in [9.17, 15) is 8.78 Å². The zero-order valence-electron chi connectivity index (χ0n) is 11.2. The lowest BCUT2D eigenvalue weighted by molar-refractivity contribution is 0.505. The average molecular weight is 265 g/mol. The fraction of sp³-hybridized carbons (Fsp3) is 0.357. The third kappa shape index (κ3) is 2.66. The Kier molecular flexibility index (Phi) is 3.66. The van der Waals surface area contributed by atoms with E-state index < -0.39 is 11.6 Å². The van der Waals surface area contributed by atoms with E-state index in [-0.39, 0.29) is 6.04 Å². The lowest BCUT2D eigenvalue weighted by Gasteiger charge is -2.08. The summed E-state index contributed by atoms with van der Waals surface area (Å²) in [7, 11) is 0. The second-order valence-corrected chi connectivity index (χ2v) is 4.78. The summed E-state index contributed by atoms with van der Waals surface area (Å²) >= 11 is 0. The molecule has 0 aliphatic heterocycles. The Balaban J connectivity index is 2.33. The molecule has 0 aliphatic carbocycles. The van der Waals surface area contributed by atoms with Gasteiger partial charge in [0.1, 0.15) is 0 Å². The van der Waals surface area contributed by atoms with Crippen molar-refractivity contribution in [2.45, 2.75) is 33.4 Å². The Hall–Kier alpha value is -1.75. The maximum absolute atomic E-state index is 13.2. The van der Waals surface area contributed by atoms with Crippen LogP contribution in [0.3, 0.4) is 0 Å². The zero-order valence-corrected chi connectivity index (χ0v) is 11.2. The predicted molar refractivity (Wildman–Crippen MR) is 69.8 cm³/mol. The van der Waals surface area contributed by atoms with Gasteiger partial charge in [0.05, 0.1) is 12.2 Å². The molecule has 2 rings (SSSR count). The number of halogens is 2. The van der Waals surface area contributed by atoms with Crippen molar-refractivity contribution in [2.75, 3.05) is 0 Å². The van der Waals surface area contributed by atoms with Gasteiger partial charge in [0.15, 0.2) is 11.6 Å². The quantitative estimate of drug-likeness (QED) is 0.927. The van der Waals surface area contributed by atoms with Gasteiger partial charge in [-0.15, -0.1) is 0 Å². The van der Waals surface area contributed by atoms with E-state index in [1.54, 1.807) is 10.7 Å². The minimum absolute atomic E-state index is 0.0984. The first-order valence-electron chi connectivity index (χ1n) is 6.13. The average Bonchev–Trinajstić information content (AvgIpc) is 2.59. The second kappa shape index (κ2) is 5.09. The lowest BCUT2D eigenvalue weighted by atomic mass is 10.1. The molecule has 0 fully saturated rings. The van der Waals surface area contributed by atoms with Crippen LogP contribution in [0.15, 0.2) is 18.2 Å². The van der Waals surface area contributed by atoms with E-state index in [1.165, 1.54) is 6.07 Å². The van der Waals surface area contributed by atoms with Crippen molar-refractivity contribution < 1.29 is 8.78 Å². The molecule has 19 heavy (non-hydrogen) atoms. The van der Waals surface area contributed by atoms with Crippen molar-refractivity contribution in [1.29, 1.82) is 0 Å². The first-order chi connectivity index (χ1) is 8.90. The van der Waals surface area contributed by atoms with Crippen molar-refractivity contribution in [3.63, 3.8) is 0 Å². The van der Waals surface area contributed by atoms with Gasteiger partial charge >= 0.3 is 0 Å². The topological polar surface area (TPSA) is 43.8 Å².